The van der Waals surface area contributed by atoms with Crippen molar-refractivity contribution in [2.75, 3.05) is 5.75 Å². The van der Waals surface area contributed by atoms with E-state index in [9.17, 15) is 9.18 Å². The summed E-state index contributed by atoms with van der Waals surface area (Å²) in [5, 5.41) is 12.1. The minimum absolute atomic E-state index is 0.155. The molecule has 5 heteroatoms. The van der Waals surface area contributed by atoms with E-state index in [1.807, 2.05) is 6.92 Å². The predicted octanol–water partition coefficient (Wildman–Crippen LogP) is 2.04. The smallest absolute Gasteiger partial charge is 0.321 e. The molecule has 1 aromatic carbocycles. The van der Waals surface area contributed by atoms with Gasteiger partial charge in [0.1, 0.15) is 11.9 Å². The number of thioether (sulfide) groups is 1. The molecule has 1 aliphatic rings. The SMILES string of the molecule is CC1SCC(C(=O)O)NC1c1ccccc1F. The number of carboxylic acids is 1. The molecule has 0 aromatic heterocycles. The third-order valence-electron chi connectivity index (χ3n) is 2.91. The molecule has 1 aromatic rings. The molecule has 0 bridgehead atoms. The Hall–Kier alpha value is -1.07. The molecule has 2 N–H and O–H groups in total. The summed E-state index contributed by atoms with van der Waals surface area (Å²) in [4.78, 5) is 11.0. The molecule has 1 saturated heterocycles. The van der Waals surface area contributed by atoms with Crippen molar-refractivity contribution in [1.82, 2.24) is 5.32 Å². The van der Waals surface area contributed by atoms with Crippen molar-refractivity contribution in [3.8, 4) is 0 Å². The average Bonchev–Trinajstić information content (AvgIpc) is 2.30. The maximum atomic E-state index is 13.7. The zero-order valence-corrected chi connectivity index (χ0v) is 10.2. The molecular formula is C12H14FNO2S. The van der Waals surface area contributed by atoms with Crippen molar-refractivity contribution in [1.29, 1.82) is 0 Å². The number of hydrogen-bond donors (Lipinski definition) is 2. The van der Waals surface area contributed by atoms with Crippen LogP contribution >= 0.6 is 11.8 Å². The molecule has 0 saturated carbocycles. The molecule has 2 rings (SSSR count). The quantitative estimate of drug-likeness (QED) is 0.849. The Kier molecular flexibility index (Phi) is 3.69. The largest absolute Gasteiger partial charge is 0.480 e. The molecule has 92 valence electrons. The van der Waals surface area contributed by atoms with Crippen molar-refractivity contribution in [2.45, 2.75) is 24.3 Å². The lowest BCUT2D eigenvalue weighted by Gasteiger charge is -2.34. The van der Waals surface area contributed by atoms with E-state index in [-0.39, 0.29) is 17.1 Å². The number of benzene rings is 1. The molecule has 17 heavy (non-hydrogen) atoms. The van der Waals surface area contributed by atoms with E-state index in [4.69, 9.17) is 5.11 Å². The monoisotopic (exact) mass is 255 g/mol. The second kappa shape index (κ2) is 5.06. The highest BCUT2D eigenvalue weighted by Crippen LogP contribution is 2.32. The molecule has 1 aliphatic heterocycles. The van der Waals surface area contributed by atoms with Gasteiger partial charge in [0, 0.05) is 22.6 Å². The summed E-state index contributed by atoms with van der Waals surface area (Å²) < 4.78 is 13.7. The van der Waals surface area contributed by atoms with Gasteiger partial charge in [-0.3, -0.25) is 10.1 Å². The Morgan fingerprint density at radius 3 is 2.88 bits per heavy atom. The van der Waals surface area contributed by atoms with Crippen LogP contribution in [0.4, 0.5) is 4.39 Å². The molecule has 0 amide bonds. The standard InChI is InChI=1S/C12H14FNO2S/c1-7-11(8-4-2-3-5-9(8)13)14-10(6-17-7)12(15)16/h2-5,7,10-11,14H,6H2,1H3,(H,15,16). The fraction of sp³-hybridized carbons (Fsp3) is 0.417. The van der Waals surface area contributed by atoms with Crippen LogP contribution < -0.4 is 5.32 Å². The van der Waals surface area contributed by atoms with Crippen LogP contribution in [0.25, 0.3) is 0 Å². The minimum Gasteiger partial charge on any atom is -0.480 e. The number of hydrogen-bond acceptors (Lipinski definition) is 3. The zero-order chi connectivity index (χ0) is 12.4. The first-order valence-electron chi connectivity index (χ1n) is 5.44. The first-order valence-corrected chi connectivity index (χ1v) is 6.49. The van der Waals surface area contributed by atoms with E-state index in [2.05, 4.69) is 5.32 Å². The highest BCUT2D eigenvalue weighted by atomic mass is 32.2. The fourth-order valence-electron chi connectivity index (χ4n) is 1.96. The summed E-state index contributed by atoms with van der Waals surface area (Å²) in [6.07, 6.45) is 0. The van der Waals surface area contributed by atoms with E-state index in [1.165, 1.54) is 6.07 Å². The fourth-order valence-corrected chi connectivity index (χ4v) is 3.11. The van der Waals surface area contributed by atoms with Crippen LogP contribution in [-0.2, 0) is 4.79 Å². The number of carboxylic acid groups (broad SMARTS) is 1. The third-order valence-corrected chi connectivity index (χ3v) is 4.24. The topological polar surface area (TPSA) is 49.3 Å². The molecule has 3 atom stereocenters. The Bertz CT molecular complexity index is 427. The van der Waals surface area contributed by atoms with Gasteiger partial charge in [0.2, 0.25) is 0 Å². The van der Waals surface area contributed by atoms with Crippen molar-refractivity contribution in [2.24, 2.45) is 0 Å². The summed E-state index contributed by atoms with van der Waals surface area (Å²) in [6, 6.07) is 5.64. The first kappa shape index (κ1) is 12.4. The molecule has 0 radical (unpaired) electrons. The van der Waals surface area contributed by atoms with E-state index in [1.54, 1.807) is 30.0 Å². The van der Waals surface area contributed by atoms with Crippen molar-refractivity contribution in [3.05, 3.63) is 35.6 Å². The Labute approximate surface area is 103 Å². The summed E-state index contributed by atoms with van der Waals surface area (Å²) in [5.41, 5.74) is 0.540. The number of carbonyl (C=O) groups is 1. The second-order valence-corrected chi connectivity index (χ2v) is 5.51. The number of rotatable bonds is 2. The maximum absolute atomic E-state index is 13.7. The molecule has 0 aliphatic carbocycles. The normalized spacial score (nSPS) is 28.9. The molecule has 3 nitrogen and oxygen atoms in total. The van der Waals surface area contributed by atoms with Crippen LogP contribution in [0.3, 0.4) is 0 Å². The van der Waals surface area contributed by atoms with Gasteiger partial charge < -0.3 is 5.11 Å². The van der Waals surface area contributed by atoms with Crippen LogP contribution in [-0.4, -0.2) is 28.1 Å². The van der Waals surface area contributed by atoms with E-state index in [0.29, 0.717) is 11.3 Å². The Morgan fingerprint density at radius 1 is 1.53 bits per heavy atom. The summed E-state index contributed by atoms with van der Waals surface area (Å²) in [5.74, 6) is -0.657. The van der Waals surface area contributed by atoms with Crippen molar-refractivity contribution in [3.63, 3.8) is 0 Å². The van der Waals surface area contributed by atoms with E-state index in [0.717, 1.165) is 0 Å². The van der Waals surface area contributed by atoms with Crippen LogP contribution in [0.1, 0.15) is 18.5 Å². The lowest BCUT2D eigenvalue weighted by atomic mass is 10.0. The number of nitrogens with one attached hydrogen (secondary N) is 1. The molecule has 3 unspecified atom stereocenters. The number of aliphatic carboxylic acids is 1. The molecule has 1 heterocycles. The highest BCUT2D eigenvalue weighted by molar-refractivity contribution is 8.00. The van der Waals surface area contributed by atoms with Gasteiger partial charge in [0.15, 0.2) is 0 Å². The molecule has 0 spiro atoms. The third kappa shape index (κ3) is 2.61. The van der Waals surface area contributed by atoms with Gasteiger partial charge in [-0.1, -0.05) is 25.1 Å². The van der Waals surface area contributed by atoms with Gasteiger partial charge in [-0.15, -0.1) is 0 Å². The van der Waals surface area contributed by atoms with Crippen molar-refractivity contribution < 1.29 is 14.3 Å². The lowest BCUT2D eigenvalue weighted by Crippen LogP contribution is -2.48. The number of halogens is 1. The van der Waals surface area contributed by atoms with Crippen LogP contribution in [0.2, 0.25) is 0 Å². The first-order chi connectivity index (χ1) is 8.09. The second-order valence-electron chi connectivity index (χ2n) is 4.10. The lowest BCUT2D eigenvalue weighted by molar-refractivity contribution is -0.139. The summed E-state index contributed by atoms with van der Waals surface area (Å²) in [6.45, 7) is 1.98. The van der Waals surface area contributed by atoms with E-state index >= 15 is 0 Å². The zero-order valence-electron chi connectivity index (χ0n) is 9.39. The van der Waals surface area contributed by atoms with Gasteiger partial charge >= 0.3 is 5.97 Å². The van der Waals surface area contributed by atoms with Crippen molar-refractivity contribution >= 4 is 17.7 Å². The van der Waals surface area contributed by atoms with Gasteiger partial charge in [-0.25, -0.2) is 4.39 Å². The Balaban J connectivity index is 2.24. The van der Waals surface area contributed by atoms with Gasteiger partial charge in [0.05, 0.1) is 0 Å². The van der Waals surface area contributed by atoms with Crippen LogP contribution in [0, 0.1) is 5.82 Å². The maximum Gasteiger partial charge on any atom is 0.321 e. The summed E-state index contributed by atoms with van der Waals surface area (Å²) >= 11 is 1.56. The van der Waals surface area contributed by atoms with E-state index < -0.39 is 12.0 Å². The average molecular weight is 255 g/mol. The van der Waals surface area contributed by atoms with Crippen LogP contribution in [0.15, 0.2) is 24.3 Å². The minimum atomic E-state index is -0.884. The van der Waals surface area contributed by atoms with Crippen LogP contribution in [0.5, 0.6) is 0 Å². The highest BCUT2D eigenvalue weighted by Gasteiger charge is 2.33. The predicted molar refractivity (Wildman–Crippen MR) is 65.6 cm³/mol. The van der Waals surface area contributed by atoms with Gasteiger partial charge in [-0.2, -0.15) is 11.8 Å². The molecular weight excluding hydrogens is 241 g/mol. The van der Waals surface area contributed by atoms with Gasteiger partial charge in [0.25, 0.3) is 0 Å². The van der Waals surface area contributed by atoms with Gasteiger partial charge in [-0.05, 0) is 6.07 Å². The summed E-state index contributed by atoms with van der Waals surface area (Å²) in [7, 11) is 0. The molecule has 1 fully saturated rings. The Morgan fingerprint density at radius 2 is 2.24 bits per heavy atom.